The molecule has 3 N–H and O–H groups in total. The normalized spacial score (nSPS) is 11.0. The van der Waals surface area contributed by atoms with Crippen molar-refractivity contribution in [3.8, 4) is 0 Å². The lowest BCUT2D eigenvalue weighted by Crippen LogP contribution is -2.11. The number of carboxylic acid groups (broad SMARTS) is 3. The van der Waals surface area contributed by atoms with E-state index in [0.717, 1.165) is 25.7 Å². The van der Waals surface area contributed by atoms with Gasteiger partial charge < -0.3 is 15.3 Å². The van der Waals surface area contributed by atoms with Crippen LogP contribution >= 0.6 is 0 Å². The monoisotopic (exact) mass is 206 g/mol. The standard InChI is InChI=1S/C8H16O2.CH2O3/c1-3-5-6-7(4-2)8(9)10;2-1(3)4/h7H,3-6H2,1-2H3,(H,9,10);(H2,2,3,4). The Morgan fingerprint density at radius 2 is 1.57 bits per heavy atom. The van der Waals surface area contributed by atoms with Crippen molar-refractivity contribution in [2.45, 2.75) is 39.5 Å². The summed E-state index contributed by atoms with van der Waals surface area (Å²) >= 11 is 0. The van der Waals surface area contributed by atoms with Gasteiger partial charge in [-0.25, -0.2) is 4.79 Å². The van der Waals surface area contributed by atoms with E-state index in [0.29, 0.717) is 0 Å². The van der Waals surface area contributed by atoms with Crippen molar-refractivity contribution in [3.05, 3.63) is 0 Å². The molecule has 0 spiro atoms. The number of hydrogen-bond donors (Lipinski definition) is 3. The Hall–Kier alpha value is -1.26. The van der Waals surface area contributed by atoms with Gasteiger partial charge in [0.05, 0.1) is 5.92 Å². The summed E-state index contributed by atoms with van der Waals surface area (Å²) in [5, 5.41) is 22.5. The van der Waals surface area contributed by atoms with Crippen LogP contribution in [0.5, 0.6) is 0 Å². The highest BCUT2D eigenvalue weighted by molar-refractivity contribution is 5.69. The van der Waals surface area contributed by atoms with E-state index in [9.17, 15) is 4.79 Å². The first-order chi connectivity index (χ1) is 6.45. The maximum atomic E-state index is 10.4. The van der Waals surface area contributed by atoms with Crippen LogP contribution in [0.3, 0.4) is 0 Å². The largest absolute Gasteiger partial charge is 0.503 e. The summed E-state index contributed by atoms with van der Waals surface area (Å²) in [6.45, 7) is 4.00. The Labute approximate surface area is 83.4 Å². The highest BCUT2D eigenvalue weighted by Crippen LogP contribution is 2.11. The first-order valence-corrected chi connectivity index (χ1v) is 4.60. The molecule has 0 rings (SSSR count). The zero-order chi connectivity index (χ0) is 11.6. The Kier molecular flexibility index (Phi) is 10.7. The Morgan fingerprint density at radius 3 is 1.79 bits per heavy atom. The van der Waals surface area contributed by atoms with Gasteiger partial charge in [0.2, 0.25) is 0 Å². The Balaban J connectivity index is 0. The molecule has 0 aromatic heterocycles. The molecular weight excluding hydrogens is 188 g/mol. The van der Waals surface area contributed by atoms with Crippen LogP contribution in [0.15, 0.2) is 0 Å². The first-order valence-electron chi connectivity index (χ1n) is 4.60. The number of unbranched alkanes of at least 4 members (excludes halogenated alkanes) is 1. The van der Waals surface area contributed by atoms with E-state index in [1.165, 1.54) is 0 Å². The predicted molar refractivity (Wildman–Crippen MR) is 51.6 cm³/mol. The number of hydrogen-bond acceptors (Lipinski definition) is 2. The van der Waals surface area contributed by atoms with E-state index < -0.39 is 12.1 Å². The minimum absolute atomic E-state index is 0.111. The van der Waals surface area contributed by atoms with Gasteiger partial charge in [0.25, 0.3) is 0 Å². The van der Waals surface area contributed by atoms with Crippen molar-refractivity contribution in [2.75, 3.05) is 0 Å². The van der Waals surface area contributed by atoms with Gasteiger partial charge in [-0.15, -0.1) is 0 Å². The van der Waals surface area contributed by atoms with Crippen molar-refractivity contribution >= 4 is 12.1 Å². The summed E-state index contributed by atoms with van der Waals surface area (Å²) in [7, 11) is 0. The van der Waals surface area contributed by atoms with Crippen LogP contribution in [0.1, 0.15) is 39.5 Å². The molecule has 0 aromatic rings. The third-order valence-corrected chi connectivity index (χ3v) is 1.75. The fourth-order valence-corrected chi connectivity index (χ4v) is 0.953. The van der Waals surface area contributed by atoms with Crippen molar-refractivity contribution in [2.24, 2.45) is 5.92 Å². The fraction of sp³-hybridized carbons (Fsp3) is 0.778. The first kappa shape index (κ1) is 15.2. The summed E-state index contributed by atoms with van der Waals surface area (Å²) in [5.74, 6) is -0.754. The quantitative estimate of drug-likeness (QED) is 0.642. The van der Waals surface area contributed by atoms with Crippen LogP contribution in [-0.2, 0) is 4.79 Å². The lowest BCUT2D eigenvalue weighted by atomic mass is 10.00. The molecule has 1 atom stereocenters. The van der Waals surface area contributed by atoms with Gasteiger partial charge in [0.15, 0.2) is 0 Å². The van der Waals surface area contributed by atoms with Crippen molar-refractivity contribution < 1.29 is 24.9 Å². The molecular formula is C9H18O5. The fourth-order valence-electron chi connectivity index (χ4n) is 0.953. The van der Waals surface area contributed by atoms with Crippen LogP contribution in [0.25, 0.3) is 0 Å². The molecule has 0 saturated carbocycles. The van der Waals surface area contributed by atoms with Gasteiger partial charge in [-0.2, -0.15) is 0 Å². The molecule has 5 heteroatoms. The molecule has 0 heterocycles. The summed E-state index contributed by atoms with van der Waals surface area (Å²) in [5.41, 5.74) is 0. The highest BCUT2D eigenvalue weighted by atomic mass is 16.6. The molecule has 0 radical (unpaired) electrons. The number of rotatable bonds is 5. The average Bonchev–Trinajstić information content (AvgIpc) is 2.04. The van der Waals surface area contributed by atoms with E-state index in [1.807, 2.05) is 6.92 Å². The summed E-state index contributed by atoms with van der Waals surface area (Å²) < 4.78 is 0. The second-order valence-electron chi connectivity index (χ2n) is 2.87. The number of carboxylic acids is 1. The van der Waals surface area contributed by atoms with E-state index in [1.54, 1.807) is 0 Å². The molecule has 0 aliphatic carbocycles. The minimum Gasteiger partial charge on any atom is -0.481 e. The molecule has 1 unspecified atom stereocenters. The lowest BCUT2D eigenvalue weighted by molar-refractivity contribution is -0.142. The molecule has 0 bridgehead atoms. The van der Waals surface area contributed by atoms with Gasteiger partial charge in [0.1, 0.15) is 0 Å². The summed E-state index contributed by atoms with van der Waals surface area (Å²) in [6.07, 6.45) is 1.88. The summed E-state index contributed by atoms with van der Waals surface area (Å²) in [6, 6.07) is 0. The maximum absolute atomic E-state index is 10.4. The highest BCUT2D eigenvalue weighted by Gasteiger charge is 2.12. The molecule has 0 fully saturated rings. The molecule has 0 amide bonds. The van der Waals surface area contributed by atoms with Crippen molar-refractivity contribution in [3.63, 3.8) is 0 Å². The second-order valence-corrected chi connectivity index (χ2v) is 2.87. The van der Waals surface area contributed by atoms with Crippen LogP contribution in [0.2, 0.25) is 0 Å². The van der Waals surface area contributed by atoms with Gasteiger partial charge >= 0.3 is 12.1 Å². The molecule has 0 saturated heterocycles. The Bertz CT molecular complexity index is 163. The lowest BCUT2D eigenvalue weighted by Gasteiger charge is -2.06. The zero-order valence-electron chi connectivity index (χ0n) is 8.56. The van der Waals surface area contributed by atoms with E-state index in [-0.39, 0.29) is 5.92 Å². The van der Waals surface area contributed by atoms with Crippen LogP contribution in [0.4, 0.5) is 4.79 Å². The second kappa shape index (κ2) is 9.83. The minimum atomic E-state index is -1.83. The van der Waals surface area contributed by atoms with Gasteiger partial charge in [-0.05, 0) is 12.8 Å². The number of carbonyl (C=O) groups is 2. The topological polar surface area (TPSA) is 94.8 Å². The third kappa shape index (κ3) is 13.3. The maximum Gasteiger partial charge on any atom is 0.503 e. The smallest absolute Gasteiger partial charge is 0.481 e. The van der Waals surface area contributed by atoms with E-state index in [4.69, 9.17) is 20.1 Å². The molecule has 14 heavy (non-hydrogen) atoms. The molecule has 84 valence electrons. The van der Waals surface area contributed by atoms with E-state index in [2.05, 4.69) is 6.92 Å². The number of aliphatic carboxylic acids is 1. The molecule has 0 aliphatic heterocycles. The van der Waals surface area contributed by atoms with Crippen molar-refractivity contribution in [1.82, 2.24) is 0 Å². The van der Waals surface area contributed by atoms with Crippen LogP contribution in [0, 0.1) is 5.92 Å². The molecule has 0 aromatic carbocycles. The predicted octanol–water partition coefficient (Wildman–Crippen LogP) is 2.51. The van der Waals surface area contributed by atoms with Gasteiger partial charge in [0, 0.05) is 0 Å². The Morgan fingerprint density at radius 1 is 1.14 bits per heavy atom. The van der Waals surface area contributed by atoms with Crippen LogP contribution in [-0.4, -0.2) is 27.4 Å². The third-order valence-electron chi connectivity index (χ3n) is 1.75. The van der Waals surface area contributed by atoms with Gasteiger partial charge in [-0.1, -0.05) is 26.7 Å². The van der Waals surface area contributed by atoms with E-state index >= 15 is 0 Å². The zero-order valence-corrected chi connectivity index (χ0v) is 8.56. The molecule has 0 aliphatic rings. The average molecular weight is 206 g/mol. The molecule has 5 nitrogen and oxygen atoms in total. The van der Waals surface area contributed by atoms with Crippen LogP contribution < -0.4 is 0 Å². The summed E-state index contributed by atoms with van der Waals surface area (Å²) in [4.78, 5) is 19.0. The van der Waals surface area contributed by atoms with Gasteiger partial charge in [-0.3, -0.25) is 4.79 Å². The SMILES string of the molecule is CCCCC(CC)C(=O)O.O=C(O)O. The van der Waals surface area contributed by atoms with Crippen molar-refractivity contribution in [1.29, 1.82) is 0 Å².